The normalized spacial score (nSPS) is 12.8. The number of piperazine rings is 1. The van der Waals surface area contributed by atoms with E-state index in [4.69, 9.17) is 28.4 Å². The van der Waals surface area contributed by atoms with Gasteiger partial charge in [-0.2, -0.15) is 0 Å². The van der Waals surface area contributed by atoms with Crippen molar-refractivity contribution >= 4 is 46.7 Å². The molecule has 0 unspecified atom stereocenters. The molecule has 2 aromatic heterocycles. The van der Waals surface area contributed by atoms with Crippen molar-refractivity contribution in [1.82, 2.24) is 24.8 Å². The zero-order valence-corrected chi connectivity index (χ0v) is 24.4. The van der Waals surface area contributed by atoms with Crippen LogP contribution in [-0.2, 0) is 0 Å². The van der Waals surface area contributed by atoms with E-state index >= 15 is 0 Å². The van der Waals surface area contributed by atoms with Gasteiger partial charge in [-0.1, -0.05) is 17.7 Å². The van der Waals surface area contributed by atoms with E-state index in [-0.39, 0.29) is 0 Å². The molecule has 5 rings (SSSR count). The van der Waals surface area contributed by atoms with Gasteiger partial charge in [0.05, 0.1) is 12.8 Å². The molecule has 0 saturated carbocycles. The Morgan fingerprint density at radius 3 is 2.33 bits per heavy atom. The van der Waals surface area contributed by atoms with E-state index in [2.05, 4.69) is 60.7 Å². The first-order valence-corrected chi connectivity index (χ1v) is 13.9. The minimum absolute atomic E-state index is 0.448. The molecule has 0 spiro atoms. The smallest absolute Gasteiger partial charge is 0.233 e. The number of nitrogen functional groups attached to an aromatic ring is 1. The molecule has 1 fully saturated rings. The zero-order valence-electron chi connectivity index (χ0n) is 22.7. The summed E-state index contributed by atoms with van der Waals surface area (Å²) in [6.07, 6.45) is 5.01. The number of nitrogens with one attached hydrogen (secondary N) is 1. The number of anilines is 3. The summed E-state index contributed by atoms with van der Waals surface area (Å²) in [4.78, 5) is 22.5. The van der Waals surface area contributed by atoms with Gasteiger partial charge in [0.25, 0.3) is 0 Å². The summed E-state index contributed by atoms with van der Waals surface area (Å²) >= 11 is 6.56. The Bertz CT molecular complexity index is 1410. The third-order valence-electron chi connectivity index (χ3n) is 6.31. The summed E-state index contributed by atoms with van der Waals surface area (Å²) < 4.78 is 8.39. The van der Waals surface area contributed by atoms with Gasteiger partial charge >= 0.3 is 0 Å². The fourth-order valence-corrected chi connectivity index (χ4v) is 4.87. The maximum atomic E-state index is 6.16. The van der Waals surface area contributed by atoms with Crippen LogP contribution in [0.2, 0.25) is 0 Å². The number of ether oxygens (including phenoxy) is 1. The van der Waals surface area contributed by atoms with Crippen LogP contribution in [0.25, 0.3) is 11.3 Å². The van der Waals surface area contributed by atoms with Crippen molar-refractivity contribution in [1.29, 1.82) is 0 Å². The third kappa shape index (κ3) is 7.48. The molecule has 1 aliphatic rings. The SMILES string of the molecule is COc1ccc(N)c(-c2ncnc(N3CCN(C(N)=S)CC3)c2C)c1.Cc1ccc(SNc2ncccn2)cc1. The van der Waals surface area contributed by atoms with E-state index in [1.807, 2.05) is 30.0 Å². The number of thiocarbonyl (C=S) groups is 1. The number of methoxy groups -OCH3 is 1. The predicted octanol–water partition coefficient (Wildman–Crippen LogP) is 4.31. The number of hydrogen-bond acceptors (Lipinski definition) is 10. The molecule has 208 valence electrons. The molecule has 0 radical (unpaired) electrons. The van der Waals surface area contributed by atoms with Crippen LogP contribution in [0.15, 0.2) is 72.1 Å². The Kier molecular flexibility index (Phi) is 9.92. The maximum absolute atomic E-state index is 6.16. The van der Waals surface area contributed by atoms with Crippen molar-refractivity contribution in [3.8, 4) is 17.0 Å². The van der Waals surface area contributed by atoms with Crippen LogP contribution in [-0.4, -0.2) is 63.2 Å². The molecule has 3 heterocycles. The van der Waals surface area contributed by atoms with Gasteiger partial charge in [0.2, 0.25) is 5.95 Å². The number of aryl methyl sites for hydroxylation is 1. The Morgan fingerprint density at radius 1 is 0.975 bits per heavy atom. The number of aromatic nitrogens is 4. The lowest BCUT2D eigenvalue weighted by Gasteiger charge is -2.36. The van der Waals surface area contributed by atoms with Gasteiger partial charge in [-0.05, 0) is 74.4 Å². The monoisotopic (exact) mass is 575 g/mol. The van der Waals surface area contributed by atoms with Gasteiger partial charge in [0.1, 0.15) is 17.9 Å². The largest absolute Gasteiger partial charge is 0.497 e. The van der Waals surface area contributed by atoms with Crippen LogP contribution in [0, 0.1) is 13.8 Å². The number of benzene rings is 2. The van der Waals surface area contributed by atoms with Gasteiger partial charge in [-0.3, -0.25) is 4.72 Å². The van der Waals surface area contributed by atoms with Crippen molar-refractivity contribution < 1.29 is 4.74 Å². The molecule has 1 saturated heterocycles. The topological polar surface area (TPSA) is 131 Å². The maximum Gasteiger partial charge on any atom is 0.233 e. The van der Waals surface area contributed by atoms with Crippen LogP contribution in [0.3, 0.4) is 0 Å². The summed E-state index contributed by atoms with van der Waals surface area (Å²) in [5.74, 6) is 2.28. The summed E-state index contributed by atoms with van der Waals surface area (Å²) in [5.41, 5.74) is 16.5. The number of hydrogen-bond donors (Lipinski definition) is 3. The Hall–Kier alpha value is -4.16. The van der Waals surface area contributed by atoms with Gasteiger partial charge in [-0.15, -0.1) is 0 Å². The molecule has 40 heavy (non-hydrogen) atoms. The van der Waals surface area contributed by atoms with Crippen LogP contribution < -0.4 is 25.8 Å². The van der Waals surface area contributed by atoms with Crippen molar-refractivity contribution in [2.24, 2.45) is 5.73 Å². The van der Waals surface area contributed by atoms with Gasteiger partial charge < -0.3 is 26.0 Å². The van der Waals surface area contributed by atoms with Crippen molar-refractivity contribution in [3.63, 3.8) is 0 Å². The molecule has 4 aromatic rings. The van der Waals surface area contributed by atoms with E-state index in [9.17, 15) is 0 Å². The highest BCUT2D eigenvalue weighted by atomic mass is 32.2. The number of nitrogens with zero attached hydrogens (tertiary/aromatic N) is 6. The fraction of sp³-hybridized carbons (Fsp3) is 0.250. The predicted molar refractivity (Wildman–Crippen MR) is 166 cm³/mol. The first kappa shape index (κ1) is 28.8. The summed E-state index contributed by atoms with van der Waals surface area (Å²) in [6.45, 7) is 7.28. The fourth-order valence-electron chi connectivity index (χ4n) is 4.10. The first-order valence-electron chi connectivity index (χ1n) is 12.7. The first-order chi connectivity index (χ1) is 19.4. The molecule has 5 N–H and O–H groups in total. The molecule has 1 aliphatic heterocycles. The molecule has 12 heteroatoms. The Morgan fingerprint density at radius 2 is 1.68 bits per heavy atom. The molecule has 0 aliphatic carbocycles. The van der Waals surface area contributed by atoms with Crippen molar-refractivity contribution in [2.45, 2.75) is 18.7 Å². The van der Waals surface area contributed by atoms with E-state index in [0.29, 0.717) is 16.7 Å². The summed E-state index contributed by atoms with van der Waals surface area (Å²) in [6, 6.07) is 15.7. The van der Waals surface area contributed by atoms with Crippen LogP contribution in [0.5, 0.6) is 5.75 Å². The molecule has 0 amide bonds. The highest BCUT2D eigenvalue weighted by Gasteiger charge is 2.22. The summed E-state index contributed by atoms with van der Waals surface area (Å²) in [5, 5.41) is 0.448. The van der Waals surface area contributed by atoms with E-state index in [1.165, 1.54) is 17.5 Å². The van der Waals surface area contributed by atoms with E-state index in [1.54, 1.807) is 31.9 Å². The number of rotatable bonds is 6. The second-order valence-corrected chi connectivity index (χ2v) is 10.3. The minimum Gasteiger partial charge on any atom is -0.497 e. The van der Waals surface area contributed by atoms with Crippen LogP contribution in [0.4, 0.5) is 17.5 Å². The van der Waals surface area contributed by atoms with E-state index in [0.717, 1.165) is 59.5 Å². The van der Waals surface area contributed by atoms with Crippen LogP contribution >= 0.6 is 24.2 Å². The average molecular weight is 576 g/mol. The van der Waals surface area contributed by atoms with E-state index < -0.39 is 0 Å². The molecule has 0 bridgehead atoms. The summed E-state index contributed by atoms with van der Waals surface area (Å²) in [7, 11) is 1.63. The van der Waals surface area contributed by atoms with Crippen molar-refractivity contribution in [2.75, 3.05) is 48.6 Å². The molecule has 10 nitrogen and oxygen atoms in total. The lowest BCUT2D eigenvalue weighted by molar-refractivity contribution is 0.387. The second kappa shape index (κ2) is 13.8. The lowest BCUT2D eigenvalue weighted by Crippen LogP contribution is -2.50. The lowest BCUT2D eigenvalue weighted by atomic mass is 10.0. The van der Waals surface area contributed by atoms with Crippen molar-refractivity contribution in [3.05, 3.63) is 78.4 Å². The highest BCUT2D eigenvalue weighted by Crippen LogP contribution is 2.33. The zero-order chi connectivity index (χ0) is 28.5. The van der Waals surface area contributed by atoms with Crippen LogP contribution in [0.1, 0.15) is 11.1 Å². The Labute approximate surface area is 244 Å². The second-order valence-electron chi connectivity index (χ2n) is 9.03. The van der Waals surface area contributed by atoms with Gasteiger partial charge in [-0.25, -0.2) is 19.9 Å². The molecular formula is C28H33N9OS2. The molecule has 2 aromatic carbocycles. The standard InChI is InChI=1S/C17H22N6OS.C11H11N3S/c1-11-15(13-9-12(24-2)3-4-14(13)18)20-10-21-16(11)22-5-7-23(8-6-22)17(19)25;1-9-3-5-10(6-4-9)15-14-11-12-7-2-8-13-11/h3-4,9-10H,5-8,18H2,1-2H3,(H2,19,25);2-8H,1H3,(H,12,13,14). The average Bonchev–Trinajstić information content (AvgIpc) is 2.98. The highest BCUT2D eigenvalue weighted by molar-refractivity contribution is 8.00. The number of nitrogens with two attached hydrogens (primary N) is 2. The van der Waals surface area contributed by atoms with Gasteiger partial charge in [0, 0.05) is 60.3 Å². The quantitative estimate of drug-likeness (QED) is 0.172. The third-order valence-corrected chi connectivity index (χ3v) is 7.36. The van der Waals surface area contributed by atoms with Gasteiger partial charge in [0.15, 0.2) is 5.11 Å². The minimum atomic E-state index is 0.448. The molecule has 0 atom stereocenters. The Balaban J connectivity index is 0.000000210. The molecular weight excluding hydrogens is 543 g/mol.